The van der Waals surface area contributed by atoms with E-state index in [2.05, 4.69) is 5.32 Å². The summed E-state index contributed by atoms with van der Waals surface area (Å²) in [6.07, 6.45) is 2.43. The molecule has 15 heavy (non-hydrogen) atoms. The Hall–Kier alpha value is -0.220. The molecule has 1 rings (SSSR count). The molecule has 1 aliphatic rings. The smallest absolute Gasteiger partial charge is 0.222 e. The molecule has 1 saturated heterocycles. The molecule has 1 atom stereocenters. The number of carbonyl (C=O) groups is 1. The topological polar surface area (TPSA) is 49.3 Å². The van der Waals surface area contributed by atoms with Gasteiger partial charge in [0.15, 0.2) is 0 Å². The van der Waals surface area contributed by atoms with E-state index in [9.17, 15) is 9.90 Å². The second kappa shape index (κ2) is 5.75. The van der Waals surface area contributed by atoms with Crippen LogP contribution in [0.25, 0.3) is 0 Å². The van der Waals surface area contributed by atoms with E-state index in [0.29, 0.717) is 6.54 Å². The fourth-order valence-electron chi connectivity index (χ4n) is 1.54. The maximum absolute atomic E-state index is 11.5. The first-order valence-electron chi connectivity index (χ1n) is 5.65. The third-order valence-corrected chi connectivity index (χ3v) is 4.06. The van der Waals surface area contributed by atoms with Crippen LogP contribution in [0.2, 0.25) is 0 Å². The van der Waals surface area contributed by atoms with Crippen molar-refractivity contribution in [2.75, 3.05) is 18.1 Å². The summed E-state index contributed by atoms with van der Waals surface area (Å²) in [6, 6.07) is 0. The maximum atomic E-state index is 11.5. The molecule has 1 fully saturated rings. The van der Waals surface area contributed by atoms with Gasteiger partial charge in [-0.1, -0.05) is 13.8 Å². The van der Waals surface area contributed by atoms with Crippen LogP contribution in [-0.2, 0) is 4.79 Å². The zero-order valence-electron chi connectivity index (χ0n) is 9.58. The van der Waals surface area contributed by atoms with Crippen molar-refractivity contribution < 1.29 is 9.90 Å². The van der Waals surface area contributed by atoms with E-state index in [0.717, 1.165) is 30.8 Å². The number of hydrogen-bond acceptors (Lipinski definition) is 3. The Kier molecular flexibility index (Phi) is 4.93. The second-order valence-corrected chi connectivity index (χ2v) is 5.59. The fraction of sp³-hybridized carbons (Fsp3) is 0.909. The lowest BCUT2D eigenvalue weighted by molar-refractivity contribution is -0.125. The first-order valence-corrected chi connectivity index (χ1v) is 6.81. The van der Waals surface area contributed by atoms with Crippen LogP contribution in [0.3, 0.4) is 0 Å². The molecule has 0 radical (unpaired) electrons. The van der Waals surface area contributed by atoms with E-state index >= 15 is 0 Å². The van der Waals surface area contributed by atoms with Crippen LogP contribution in [-0.4, -0.2) is 34.7 Å². The van der Waals surface area contributed by atoms with E-state index in [1.807, 2.05) is 25.6 Å². The van der Waals surface area contributed by atoms with Crippen LogP contribution < -0.4 is 5.32 Å². The molecular formula is C11H21NO2S. The van der Waals surface area contributed by atoms with Gasteiger partial charge in [-0.25, -0.2) is 0 Å². The van der Waals surface area contributed by atoms with Gasteiger partial charge in [-0.15, -0.1) is 0 Å². The predicted octanol–water partition coefficient (Wildman–Crippen LogP) is 1.41. The van der Waals surface area contributed by atoms with Crippen molar-refractivity contribution in [3.8, 4) is 0 Å². The van der Waals surface area contributed by atoms with Gasteiger partial charge in [-0.05, 0) is 30.8 Å². The first kappa shape index (κ1) is 12.8. The normalized spacial score (nSPS) is 22.1. The molecule has 0 bridgehead atoms. The highest BCUT2D eigenvalue weighted by Gasteiger charge is 2.30. The van der Waals surface area contributed by atoms with Crippen LogP contribution in [0.5, 0.6) is 0 Å². The Morgan fingerprint density at radius 1 is 1.53 bits per heavy atom. The third kappa shape index (κ3) is 4.03. The molecule has 2 N–H and O–H groups in total. The average Bonchev–Trinajstić information content (AvgIpc) is 2.26. The lowest BCUT2D eigenvalue weighted by Crippen LogP contribution is -2.46. The summed E-state index contributed by atoms with van der Waals surface area (Å²) in [5.41, 5.74) is -0.658. The molecule has 0 aliphatic carbocycles. The number of carbonyl (C=O) groups excluding carboxylic acids is 1. The Bertz CT molecular complexity index is 215. The van der Waals surface area contributed by atoms with Gasteiger partial charge in [0.2, 0.25) is 5.91 Å². The standard InChI is InChI=1S/C11H21NO2S/c1-3-9(2)10(13)12-8-11(14)4-6-15-7-5-11/h9,14H,3-8H2,1-2H3,(H,12,13). The van der Waals surface area contributed by atoms with Gasteiger partial charge in [-0.2, -0.15) is 11.8 Å². The van der Waals surface area contributed by atoms with E-state index in [1.165, 1.54) is 0 Å². The Balaban J connectivity index is 2.31. The summed E-state index contributed by atoms with van der Waals surface area (Å²) in [5, 5.41) is 13.0. The van der Waals surface area contributed by atoms with E-state index < -0.39 is 5.60 Å². The highest BCUT2D eigenvalue weighted by molar-refractivity contribution is 7.99. The summed E-state index contributed by atoms with van der Waals surface area (Å²) >= 11 is 1.87. The summed E-state index contributed by atoms with van der Waals surface area (Å²) in [5.74, 6) is 2.10. The van der Waals surface area contributed by atoms with Gasteiger partial charge in [0, 0.05) is 12.5 Å². The van der Waals surface area contributed by atoms with Gasteiger partial charge in [0.1, 0.15) is 0 Å². The minimum Gasteiger partial charge on any atom is -0.388 e. The fourth-order valence-corrected chi connectivity index (χ4v) is 2.79. The first-order chi connectivity index (χ1) is 7.07. The van der Waals surface area contributed by atoms with Crippen LogP contribution in [0.4, 0.5) is 0 Å². The minimum absolute atomic E-state index is 0.0477. The van der Waals surface area contributed by atoms with Crippen molar-refractivity contribution >= 4 is 17.7 Å². The SMILES string of the molecule is CCC(C)C(=O)NCC1(O)CCSCC1. The van der Waals surface area contributed by atoms with Crippen LogP contribution in [0, 0.1) is 5.92 Å². The molecule has 0 aromatic carbocycles. The molecule has 1 amide bonds. The number of rotatable bonds is 4. The lowest BCUT2D eigenvalue weighted by Gasteiger charge is -2.32. The van der Waals surface area contributed by atoms with Gasteiger partial charge in [0.05, 0.1) is 5.60 Å². The van der Waals surface area contributed by atoms with Crippen molar-refractivity contribution in [1.29, 1.82) is 0 Å². The molecule has 4 heteroatoms. The van der Waals surface area contributed by atoms with Gasteiger partial charge >= 0.3 is 0 Å². The van der Waals surface area contributed by atoms with E-state index in [-0.39, 0.29) is 11.8 Å². The van der Waals surface area contributed by atoms with Gasteiger partial charge in [0.25, 0.3) is 0 Å². The van der Waals surface area contributed by atoms with Crippen molar-refractivity contribution in [2.45, 2.75) is 38.7 Å². The number of hydrogen-bond donors (Lipinski definition) is 2. The highest BCUT2D eigenvalue weighted by atomic mass is 32.2. The molecular weight excluding hydrogens is 210 g/mol. The number of aliphatic hydroxyl groups is 1. The average molecular weight is 231 g/mol. The van der Waals surface area contributed by atoms with E-state index in [4.69, 9.17) is 0 Å². The molecule has 0 spiro atoms. The van der Waals surface area contributed by atoms with E-state index in [1.54, 1.807) is 0 Å². The molecule has 0 aromatic rings. The Morgan fingerprint density at radius 2 is 2.13 bits per heavy atom. The summed E-state index contributed by atoms with van der Waals surface area (Å²) in [6.45, 7) is 4.32. The molecule has 0 saturated carbocycles. The maximum Gasteiger partial charge on any atom is 0.222 e. The second-order valence-electron chi connectivity index (χ2n) is 4.36. The predicted molar refractivity (Wildman–Crippen MR) is 64.0 cm³/mol. The van der Waals surface area contributed by atoms with Crippen molar-refractivity contribution in [2.24, 2.45) is 5.92 Å². The molecule has 88 valence electrons. The minimum atomic E-state index is -0.658. The zero-order chi connectivity index (χ0) is 11.3. The van der Waals surface area contributed by atoms with Crippen molar-refractivity contribution in [1.82, 2.24) is 5.32 Å². The van der Waals surface area contributed by atoms with Crippen molar-refractivity contribution in [3.63, 3.8) is 0 Å². The largest absolute Gasteiger partial charge is 0.388 e. The molecule has 1 heterocycles. The number of nitrogens with one attached hydrogen (secondary N) is 1. The lowest BCUT2D eigenvalue weighted by atomic mass is 9.96. The summed E-state index contributed by atoms with van der Waals surface area (Å²) in [7, 11) is 0. The molecule has 1 unspecified atom stereocenters. The quantitative estimate of drug-likeness (QED) is 0.769. The number of amides is 1. The van der Waals surface area contributed by atoms with Gasteiger partial charge < -0.3 is 10.4 Å². The van der Waals surface area contributed by atoms with Crippen LogP contribution in [0.1, 0.15) is 33.1 Å². The monoisotopic (exact) mass is 231 g/mol. The Labute approximate surface area is 96.0 Å². The van der Waals surface area contributed by atoms with Crippen LogP contribution in [0.15, 0.2) is 0 Å². The Morgan fingerprint density at radius 3 is 2.67 bits per heavy atom. The number of thioether (sulfide) groups is 1. The third-order valence-electron chi connectivity index (χ3n) is 3.08. The summed E-state index contributed by atoms with van der Waals surface area (Å²) < 4.78 is 0. The van der Waals surface area contributed by atoms with Gasteiger partial charge in [-0.3, -0.25) is 4.79 Å². The molecule has 1 aliphatic heterocycles. The highest BCUT2D eigenvalue weighted by Crippen LogP contribution is 2.26. The molecule has 0 aromatic heterocycles. The molecule has 3 nitrogen and oxygen atoms in total. The summed E-state index contributed by atoms with van der Waals surface area (Å²) in [4.78, 5) is 11.5. The van der Waals surface area contributed by atoms with Crippen LogP contribution >= 0.6 is 11.8 Å². The zero-order valence-corrected chi connectivity index (χ0v) is 10.4. The van der Waals surface area contributed by atoms with Crippen molar-refractivity contribution in [3.05, 3.63) is 0 Å².